The first-order valence-corrected chi connectivity index (χ1v) is 7.57. The van der Waals surface area contributed by atoms with Gasteiger partial charge in [-0.25, -0.2) is 4.39 Å². The van der Waals surface area contributed by atoms with E-state index in [0.717, 1.165) is 6.42 Å². The Morgan fingerprint density at radius 3 is 2.76 bits per heavy atom. The Hall–Kier alpha value is -1.84. The van der Waals surface area contributed by atoms with E-state index in [2.05, 4.69) is 11.4 Å². The topological polar surface area (TPSA) is 38.3 Å². The minimum absolute atomic E-state index is 0.00600. The number of carbonyl (C=O) groups is 1. The summed E-state index contributed by atoms with van der Waals surface area (Å²) in [6.45, 7) is 1.00. The second-order valence-electron chi connectivity index (χ2n) is 5.26. The van der Waals surface area contributed by atoms with E-state index >= 15 is 0 Å². The lowest BCUT2D eigenvalue weighted by Crippen LogP contribution is -2.26. The molecule has 0 spiro atoms. The lowest BCUT2D eigenvalue weighted by Gasteiger charge is -2.13. The smallest absolute Gasteiger partial charge is 0.223 e. The summed E-state index contributed by atoms with van der Waals surface area (Å²) in [5, 5.41) is 2.91. The summed E-state index contributed by atoms with van der Waals surface area (Å²) in [4.78, 5) is 11.7. The van der Waals surface area contributed by atoms with Crippen LogP contribution in [0.5, 0.6) is 5.75 Å². The Balaban J connectivity index is 1.57. The van der Waals surface area contributed by atoms with Gasteiger partial charge in [-0.3, -0.25) is 4.79 Å². The molecule has 1 N–H and O–H groups in total. The summed E-state index contributed by atoms with van der Waals surface area (Å²) in [7, 11) is 0. The second kappa shape index (κ2) is 8.45. The number of hydrogen-bond donors (Lipinski definition) is 1. The van der Waals surface area contributed by atoms with Crippen LogP contribution in [-0.2, 0) is 4.79 Å². The molecule has 0 aliphatic heterocycles. The third kappa shape index (κ3) is 5.98. The SMILES string of the molecule is O=C(CCOc1ccc(F)cc1)NCCC1=CCCCC1. The van der Waals surface area contributed by atoms with Crippen LogP contribution in [0.15, 0.2) is 35.9 Å². The molecule has 0 saturated carbocycles. The van der Waals surface area contributed by atoms with E-state index in [9.17, 15) is 9.18 Å². The molecule has 114 valence electrons. The Morgan fingerprint density at radius 2 is 2.05 bits per heavy atom. The standard InChI is InChI=1S/C17H22FNO2/c18-15-6-8-16(9-7-15)21-13-11-17(20)19-12-10-14-4-2-1-3-5-14/h4,6-9H,1-3,5,10-13H2,(H,19,20). The molecule has 1 aromatic rings. The van der Waals surface area contributed by atoms with Crippen LogP contribution < -0.4 is 10.1 Å². The zero-order chi connectivity index (χ0) is 14.9. The number of amides is 1. The normalized spacial score (nSPS) is 14.4. The van der Waals surface area contributed by atoms with Gasteiger partial charge in [0.25, 0.3) is 0 Å². The van der Waals surface area contributed by atoms with E-state index in [1.54, 1.807) is 12.1 Å². The van der Waals surface area contributed by atoms with E-state index in [0.29, 0.717) is 25.3 Å². The Kier molecular flexibility index (Phi) is 6.25. The molecule has 1 amide bonds. The van der Waals surface area contributed by atoms with Crippen molar-refractivity contribution in [2.75, 3.05) is 13.2 Å². The number of halogens is 1. The van der Waals surface area contributed by atoms with Crippen LogP contribution in [0.3, 0.4) is 0 Å². The maximum Gasteiger partial charge on any atom is 0.223 e. The lowest BCUT2D eigenvalue weighted by atomic mass is 9.97. The van der Waals surface area contributed by atoms with Crippen molar-refractivity contribution in [2.45, 2.75) is 38.5 Å². The Bertz CT molecular complexity index is 482. The van der Waals surface area contributed by atoms with Crippen LogP contribution in [0.4, 0.5) is 4.39 Å². The van der Waals surface area contributed by atoms with Crippen LogP contribution in [0, 0.1) is 5.82 Å². The molecule has 1 aliphatic rings. The number of rotatable bonds is 7. The summed E-state index contributed by atoms with van der Waals surface area (Å²) in [5.74, 6) is 0.280. The predicted molar refractivity (Wildman–Crippen MR) is 80.7 cm³/mol. The summed E-state index contributed by atoms with van der Waals surface area (Å²) in [6.07, 6.45) is 8.47. The molecule has 1 aliphatic carbocycles. The van der Waals surface area contributed by atoms with Crippen molar-refractivity contribution >= 4 is 5.91 Å². The Labute approximate surface area is 125 Å². The largest absolute Gasteiger partial charge is 0.493 e. The molecule has 4 heteroatoms. The highest BCUT2D eigenvalue weighted by molar-refractivity contribution is 5.75. The van der Waals surface area contributed by atoms with Gasteiger partial charge in [0, 0.05) is 6.54 Å². The number of carbonyl (C=O) groups excluding carboxylic acids is 1. The minimum Gasteiger partial charge on any atom is -0.493 e. The van der Waals surface area contributed by atoms with Crippen LogP contribution >= 0.6 is 0 Å². The van der Waals surface area contributed by atoms with E-state index in [4.69, 9.17) is 4.74 Å². The molecule has 2 rings (SSSR count). The molecule has 3 nitrogen and oxygen atoms in total. The Morgan fingerprint density at radius 1 is 1.24 bits per heavy atom. The summed E-state index contributed by atoms with van der Waals surface area (Å²) >= 11 is 0. The van der Waals surface area contributed by atoms with Crippen LogP contribution in [-0.4, -0.2) is 19.1 Å². The van der Waals surface area contributed by atoms with Crippen molar-refractivity contribution in [2.24, 2.45) is 0 Å². The average Bonchev–Trinajstić information content (AvgIpc) is 2.50. The monoisotopic (exact) mass is 291 g/mol. The van der Waals surface area contributed by atoms with Crippen LogP contribution in [0.1, 0.15) is 38.5 Å². The fraction of sp³-hybridized carbons (Fsp3) is 0.471. The first-order valence-electron chi connectivity index (χ1n) is 7.57. The van der Waals surface area contributed by atoms with Crippen LogP contribution in [0.25, 0.3) is 0 Å². The van der Waals surface area contributed by atoms with Gasteiger partial charge in [0.05, 0.1) is 13.0 Å². The number of ether oxygens (including phenoxy) is 1. The maximum atomic E-state index is 12.7. The molecular weight excluding hydrogens is 269 g/mol. The van der Waals surface area contributed by atoms with Gasteiger partial charge in [0.1, 0.15) is 11.6 Å². The second-order valence-corrected chi connectivity index (χ2v) is 5.26. The highest BCUT2D eigenvalue weighted by Gasteiger charge is 2.05. The summed E-state index contributed by atoms with van der Waals surface area (Å²) in [6, 6.07) is 5.80. The molecule has 0 radical (unpaired) electrons. The van der Waals surface area contributed by atoms with Gasteiger partial charge < -0.3 is 10.1 Å². The predicted octanol–water partition coefficient (Wildman–Crippen LogP) is 3.60. The minimum atomic E-state index is -0.294. The molecule has 0 atom stereocenters. The van der Waals surface area contributed by atoms with Crippen molar-refractivity contribution in [3.05, 3.63) is 41.7 Å². The fourth-order valence-electron chi connectivity index (χ4n) is 2.37. The first-order chi connectivity index (χ1) is 10.2. The third-order valence-corrected chi connectivity index (χ3v) is 3.56. The van der Waals surface area contributed by atoms with Crippen LogP contribution in [0.2, 0.25) is 0 Å². The molecule has 1 aromatic carbocycles. The molecule has 0 aromatic heterocycles. The van der Waals surface area contributed by atoms with Gasteiger partial charge in [-0.1, -0.05) is 11.6 Å². The van der Waals surface area contributed by atoms with Gasteiger partial charge in [-0.2, -0.15) is 0 Å². The summed E-state index contributed by atoms with van der Waals surface area (Å²) in [5.41, 5.74) is 1.46. The molecule has 0 unspecified atom stereocenters. The molecule has 0 bridgehead atoms. The van der Waals surface area contributed by atoms with Gasteiger partial charge in [-0.15, -0.1) is 0 Å². The van der Waals surface area contributed by atoms with E-state index in [1.807, 2.05) is 0 Å². The van der Waals surface area contributed by atoms with Gasteiger partial charge in [0.15, 0.2) is 0 Å². The zero-order valence-electron chi connectivity index (χ0n) is 12.2. The van der Waals surface area contributed by atoms with E-state index in [-0.39, 0.29) is 11.7 Å². The molecular formula is C17H22FNO2. The van der Waals surface area contributed by atoms with Crippen molar-refractivity contribution in [3.8, 4) is 5.75 Å². The van der Waals surface area contributed by atoms with Crippen molar-refractivity contribution < 1.29 is 13.9 Å². The van der Waals surface area contributed by atoms with Crippen molar-refractivity contribution in [3.63, 3.8) is 0 Å². The third-order valence-electron chi connectivity index (χ3n) is 3.56. The van der Waals surface area contributed by atoms with E-state index in [1.165, 1.54) is 43.4 Å². The summed E-state index contributed by atoms with van der Waals surface area (Å²) < 4.78 is 18.1. The van der Waals surface area contributed by atoms with Gasteiger partial charge in [0.2, 0.25) is 5.91 Å². The number of allylic oxidation sites excluding steroid dienone is 1. The van der Waals surface area contributed by atoms with Gasteiger partial charge >= 0.3 is 0 Å². The molecule has 21 heavy (non-hydrogen) atoms. The number of hydrogen-bond acceptors (Lipinski definition) is 2. The maximum absolute atomic E-state index is 12.7. The number of nitrogens with one attached hydrogen (secondary N) is 1. The highest BCUT2D eigenvalue weighted by atomic mass is 19.1. The fourth-order valence-corrected chi connectivity index (χ4v) is 2.37. The highest BCUT2D eigenvalue weighted by Crippen LogP contribution is 2.19. The quantitative estimate of drug-likeness (QED) is 0.779. The molecule has 0 fully saturated rings. The van der Waals surface area contributed by atoms with Crippen molar-refractivity contribution in [1.29, 1.82) is 0 Å². The van der Waals surface area contributed by atoms with Crippen molar-refractivity contribution in [1.82, 2.24) is 5.32 Å². The number of benzene rings is 1. The van der Waals surface area contributed by atoms with Gasteiger partial charge in [-0.05, 0) is 56.4 Å². The molecule has 0 saturated heterocycles. The lowest BCUT2D eigenvalue weighted by molar-refractivity contribution is -0.121. The zero-order valence-corrected chi connectivity index (χ0v) is 12.2. The first kappa shape index (κ1) is 15.5. The molecule has 0 heterocycles. The average molecular weight is 291 g/mol. The van der Waals surface area contributed by atoms with E-state index < -0.39 is 0 Å².